The normalized spacial score (nSPS) is 17.4. The highest BCUT2D eigenvalue weighted by Gasteiger charge is 2.44. The molecule has 5 N–H and O–H groups in total. The van der Waals surface area contributed by atoms with Crippen LogP contribution in [0.3, 0.4) is 0 Å². The van der Waals surface area contributed by atoms with Crippen LogP contribution in [-0.2, 0) is 46.5 Å². The minimum Gasteiger partial charge on any atom is -0.496 e. The molecular weight excluding hydrogens is 785 g/mol. The van der Waals surface area contributed by atoms with Gasteiger partial charge in [-0.1, -0.05) is 64.1 Å². The van der Waals surface area contributed by atoms with Gasteiger partial charge in [-0.15, -0.1) is 0 Å². The molecule has 4 rings (SSSR count). The van der Waals surface area contributed by atoms with Crippen LogP contribution in [0, 0.1) is 11.8 Å². The monoisotopic (exact) mass is 850 g/mol. The van der Waals surface area contributed by atoms with Crippen LogP contribution in [0.4, 0.5) is 0 Å². The summed E-state index contributed by atoms with van der Waals surface area (Å²) in [7, 11) is 4.86. The van der Waals surface area contributed by atoms with Gasteiger partial charge >= 0.3 is 5.97 Å². The number of esters is 1. The minimum atomic E-state index is -0.976. The Kier molecular flexibility index (Phi) is 20.1. The Balaban J connectivity index is 1.60. The van der Waals surface area contributed by atoms with Gasteiger partial charge in [0, 0.05) is 38.7 Å². The molecule has 1 heterocycles. The number of carbonyl (C=O) groups excluding carboxylic acids is 3. The molecule has 1 saturated heterocycles. The van der Waals surface area contributed by atoms with E-state index in [0.717, 1.165) is 22.4 Å². The first-order valence-electron chi connectivity index (χ1n) is 21.0. The Morgan fingerprint density at radius 3 is 2.13 bits per heavy atom. The van der Waals surface area contributed by atoms with Crippen LogP contribution in [0.1, 0.15) is 63.1 Å². The maximum absolute atomic E-state index is 14.0. The van der Waals surface area contributed by atoms with Gasteiger partial charge in [-0.2, -0.15) is 0 Å². The molecule has 1 fully saturated rings. The molecule has 0 aliphatic carbocycles. The fraction of sp³-hybridized carbons (Fsp3) is 0.543. The van der Waals surface area contributed by atoms with Crippen molar-refractivity contribution in [2.24, 2.45) is 23.3 Å². The molecule has 0 unspecified atom stereocenters. The third-order valence-electron chi connectivity index (χ3n) is 10.5. The molecule has 3 aromatic rings. The molecule has 1 aliphatic heterocycles. The van der Waals surface area contributed by atoms with Crippen LogP contribution in [0.15, 0.2) is 66.7 Å². The fourth-order valence-corrected chi connectivity index (χ4v) is 6.95. The number of nitrogens with one attached hydrogen (secondary N) is 1. The van der Waals surface area contributed by atoms with Crippen molar-refractivity contribution in [2.75, 3.05) is 67.4 Å². The summed E-state index contributed by atoms with van der Waals surface area (Å²) in [5.41, 5.74) is 14.6. The van der Waals surface area contributed by atoms with Gasteiger partial charge in [0.15, 0.2) is 11.5 Å². The van der Waals surface area contributed by atoms with E-state index in [1.54, 1.807) is 40.1 Å². The molecule has 1 aliphatic rings. The molecule has 0 spiro atoms. The van der Waals surface area contributed by atoms with Gasteiger partial charge in [-0.05, 0) is 53.3 Å². The molecular formula is C46H66N4O11. The summed E-state index contributed by atoms with van der Waals surface area (Å²) >= 11 is 0. The number of hydrogen-bond acceptors (Lipinski definition) is 13. The number of methoxy groups -OCH3 is 3. The van der Waals surface area contributed by atoms with E-state index in [4.69, 9.17) is 49.4 Å². The Morgan fingerprint density at radius 1 is 0.770 bits per heavy atom. The van der Waals surface area contributed by atoms with Crippen molar-refractivity contribution in [3.05, 3.63) is 83.4 Å². The maximum Gasteiger partial charge on any atom is 0.329 e. The SMILES string of the molecule is COCCCOc1cc(CO[C@H]2CN(C(=O)[C@@H](N)C(C)C)C[C@@H](OC(=O)[C@@H](NC(=O)CN)C(C)C)[C@@H]2c2ccc(OCCCOCc3ccccc3OC)cc2)ccc1OC. The first-order valence-corrected chi connectivity index (χ1v) is 21.0. The molecule has 15 nitrogen and oxygen atoms in total. The molecule has 15 heteroatoms. The molecule has 0 aromatic heterocycles. The molecule has 5 atom stereocenters. The largest absolute Gasteiger partial charge is 0.496 e. The Labute approximate surface area is 360 Å². The van der Waals surface area contributed by atoms with Crippen LogP contribution in [0.25, 0.3) is 0 Å². The van der Waals surface area contributed by atoms with Crippen molar-refractivity contribution < 1.29 is 52.3 Å². The van der Waals surface area contributed by atoms with Gasteiger partial charge in [-0.3, -0.25) is 9.59 Å². The third kappa shape index (κ3) is 14.6. The lowest BCUT2D eigenvalue weighted by molar-refractivity contribution is -0.167. The van der Waals surface area contributed by atoms with E-state index >= 15 is 0 Å². The van der Waals surface area contributed by atoms with Gasteiger partial charge in [0.25, 0.3) is 0 Å². The molecule has 2 amide bonds. The zero-order valence-corrected chi connectivity index (χ0v) is 36.8. The first kappa shape index (κ1) is 48.7. The standard InChI is InChI=1S/C46H66N4O11/c1-30(2)43(48)45(52)50-26-39(60-28-32-14-19-37(56-7)38(24-32)59-23-10-20-54-5)42(40(27-50)61-46(53)44(31(3)4)49-41(51)25-47)33-15-17-35(18-16-33)58-22-11-21-57-29-34-12-8-9-13-36(34)55-6/h8-9,12-19,24,30-31,39-40,42-44H,10-11,20-23,25-29,47-48H2,1-7H3,(H,49,51)/t39-,40+,42+,43-,44-/m0/s1. The first-order chi connectivity index (χ1) is 29.4. The second-order valence-corrected chi connectivity index (χ2v) is 15.7. The summed E-state index contributed by atoms with van der Waals surface area (Å²) < 4.78 is 47.1. The smallest absolute Gasteiger partial charge is 0.329 e. The zero-order valence-electron chi connectivity index (χ0n) is 36.8. The third-order valence-corrected chi connectivity index (χ3v) is 10.5. The number of para-hydroxylation sites is 1. The highest BCUT2D eigenvalue weighted by molar-refractivity contribution is 5.86. The van der Waals surface area contributed by atoms with Gasteiger partial charge in [0.05, 0.1) is 78.4 Å². The lowest BCUT2D eigenvalue weighted by atomic mass is 9.83. The van der Waals surface area contributed by atoms with Gasteiger partial charge < -0.3 is 59.6 Å². The number of likely N-dealkylation sites (tertiary alicyclic amines) is 1. The summed E-state index contributed by atoms with van der Waals surface area (Å²) in [6, 6.07) is 19.1. The van der Waals surface area contributed by atoms with Crippen LogP contribution in [0.5, 0.6) is 23.0 Å². The highest BCUT2D eigenvalue weighted by Crippen LogP contribution is 2.36. The van der Waals surface area contributed by atoms with Crippen molar-refractivity contribution in [3.8, 4) is 23.0 Å². The van der Waals surface area contributed by atoms with Gasteiger partial charge in [-0.25, -0.2) is 4.79 Å². The summed E-state index contributed by atoms with van der Waals surface area (Å²) in [6.07, 6.45) is -0.179. The Hall–Kier alpha value is -4.93. The number of nitrogens with zero attached hydrogens (tertiary/aromatic N) is 1. The molecule has 0 bridgehead atoms. The van der Waals surface area contributed by atoms with E-state index in [-0.39, 0.29) is 44.0 Å². The van der Waals surface area contributed by atoms with E-state index in [1.807, 2.05) is 80.6 Å². The second kappa shape index (κ2) is 25.1. The quantitative estimate of drug-likeness (QED) is 0.0792. The van der Waals surface area contributed by atoms with Crippen LogP contribution >= 0.6 is 0 Å². The highest BCUT2D eigenvalue weighted by atomic mass is 16.6. The van der Waals surface area contributed by atoms with E-state index in [2.05, 4.69) is 5.32 Å². The number of hydrogen-bond donors (Lipinski definition) is 3. The number of piperidine rings is 1. The zero-order chi connectivity index (χ0) is 44.3. The van der Waals surface area contributed by atoms with E-state index < -0.39 is 42.1 Å². The van der Waals surface area contributed by atoms with Crippen molar-refractivity contribution in [3.63, 3.8) is 0 Å². The number of benzene rings is 3. The van der Waals surface area contributed by atoms with E-state index in [0.29, 0.717) is 63.1 Å². The van der Waals surface area contributed by atoms with Crippen molar-refractivity contribution in [2.45, 2.75) is 84.0 Å². The lowest BCUT2D eigenvalue weighted by Gasteiger charge is -2.44. The number of nitrogens with two attached hydrogens (primary N) is 2. The Morgan fingerprint density at radius 2 is 1.46 bits per heavy atom. The minimum absolute atomic E-state index is 0.0558. The van der Waals surface area contributed by atoms with Crippen LogP contribution in [-0.4, -0.2) is 114 Å². The number of ether oxygens (including phenoxy) is 8. The second-order valence-electron chi connectivity index (χ2n) is 15.7. The Bertz CT molecular complexity index is 1810. The molecule has 3 aromatic carbocycles. The number of carbonyl (C=O) groups is 3. The molecule has 0 saturated carbocycles. The van der Waals surface area contributed by atoms with E-state index in [9.17, 15) is 14.4 Å². The summed E-state index contributed by atoms with van der Waals surface area (Å²) in [5.74, 6) is 0.152. The summed E-state index contributed by atoms with van der Waals surface area (Å²) in [4.78, 5) is 41.8. The van der Waals surface area contributed by atoms with Crippen molar-refractivity contribution >= 4 is 17.8 Å². The summed E-state index contributed by atoms with van der Waals surface area (Å²) in [6.45, 7) is 9.81. The fourth-order valence-electron chi connectivity index (χ4n) is 6.95. The lowest BCUT2D eigenvalue weighted by Crippen LogP contribution is -2.59. The topological polar surface area (TPSA) is 192 Å². The molecule has 61 heavy (non-hydrogen) atoms. The van der Waals surface area contributed by atoms with Gasteiger partial charge in [0.2, 0.25) is 11.8 Å². The molecule has 0 radical (unpaired) electrons. The summed E-state index contributed by atoms with van der Waals surface area (Å²) in [5, 5.41) is 2.69. The van der Waals surface area contributed by atoms with Crippen molar-refractivity contribution in [1.29, 1.82) is 0 Å². The predicted octanol–water partition coefficient (Wildman–Crippen LogP) is 4.61. The number of rotatable bonds is 25. The molecule has 336 valence electrons. The van der Waals surface area contributed by atoms with Crippen molar-refractivity contribution in [1.82, 2.24) is 10.2 Å². The van der Waals surface area contributed by atoms with E-state index in [1.165, 1.54) is 0 Å². The average molecular weight is 851 g/mol. The van der Waals surface area contributed by atoms with Crippen LogP contribution < -0.4 is 35.7 Å². The van der Waals surface area contributed by atoms with Gasteiger partial charge in [0.1, 0.15) is 23.6 Å². The predicted molar refractivity (Wildman–Crippen MR) is 231 cm³/mol. The van der Waals surface area contributed by atoms with Crippen LogP contribution in [0.2, 0.25) is 0 Å². The average Bonchev–Trinajstić information content (AvgIpc) is 3.26. The maximum atomic E-state index is 14.0. The number of amides is 2.